The van der Waals surface area contributed by atoms with Gasteiger partial charge in [-0.1, -0.05) is 12.1 Å². The maximum Gasteiger partial charge on any atom is 0.123 e. The van der Waals surface area contributed by atoms with E-state index in [1.54, 1.807) is 6.07 Å². The molecule has 1 aromatic carbocycles. The number of nitrogens with zero attached hydrogens (tertiary/aromatic N) is 2. The molecule has 0 saturated carbocycles. The van der Waals surface area contributed by atoms with E-state index >= 15 is 0 Å². The third kappa shape index (κ3) is 1.44. The highest BCUT2D eigenvalue weighted by molar-refractivity contribution is 5.59. The Balaban J connectivity index is 2.06. The Morgan fingerprint density at radius 3 is 3.00 bits per heavy atom. The van der Waals surface area contributed by atoms with Crippen LogP contribution in [0.25, 0.3) is 11.3 Å². The minimum Gasteiger partial charge on any atom is -0.269 e. The molecule has 2 nitrogen and oxygen atoms in total. The van der Waals surface area contributed by atoms with Gasteiger partial charge in [-0.2, -0.15) is 5.10 Å². The summed E-state index contributed by atoms with van der Waals surface area (Å²) in [6.45, 7) is 0.991. The molecule has 15 heavy (non-hydrogen) atoms. The third-order valence-electron chi connectivity index (χ3n) is 2.79. The molecule has 2 heterocycles. The van der Waals surface area contributed by atoms with E-state index in [2.05, 4.69) is 11.2 Å². The van der Waals surface area contributed by atoms with E-state index in [9.17, 15) is 4.39 Å². The molecular weight excluding hydrogens is 191 g/mol. The summed E-state index contributed by atoms with van der Waals surface area (Å²) in [6, 6.07) is 8.64. The third-order valence-corrected chi connectivity index (χ3v) is 2.79. The van der Waals surface area contributed by atoms with Crippen LogP contribution in [0.3, 0.4) is 0 Å². The van der Waals surface area contributed by atoms with Gasteiger partial charge >= 0.3 is 0 Å². The fourth-order valence-electron chi connectivity index (χ4n) is 2.05. The van der Waals surface area contributed by atoms with Crippen LogP contribution in [0.1, 0.15) is 12.1 Å². The lowest BCUT2D eigenvalue weighted by Crippen LogP contribution is -1.94. The van der Waals surface area contributed by atoms with Crippen molar-refractivity contribution in [3.63, 3.8) is 0 Å². The standard InChI is InChI=1S/C12H11FN2/c13-10-4-1-3-9(7-10)12-8-11-5-2-6-15(11)14-12/h1,3-4,7-8H,2,5-6H2. The lowest BCUT2D eigenvalue weighted by molar-refractivity contribution is 0.627. The zero-order valence-corrected chi connectivity index (χ0v) is 8.28. The molecule has 0 N–H and O–H groups in total. The highest BCUT2D eigenvalue weighted by atomic mass is 19.1. The smallest absolute Gasteiger partial charge is 0.123 e. The number of hydrogen-bond acceptors (Lipinski definition) is 1. The molecule has 0 spiro atoms. The van der Waals surface area contributed by atoms with Crippen molar-refractivity contribution in [3.05, 3.63) is 41.8 Å². The lowest BCUT2D eigenvalue weighted by atomic mass is 10.1. The van der Waals surface area contributed by atoms with Gasteiger partial charge in [-0.15, -0.1) is 0 Å². The fourth-order valence-corrected chi connectivity index (χ4v) is 2.05. The van der Waals surface area contributed by atoms with E-state index in [4.69, 9.17) is 0 Å². The molecule has 0 amide bonds. The van der Waals surface area contributed by atoms with Crippen molar-refractivity contribution in [1.82, 2.24) is 9.78 Å². The maximum absolute atomic E-state index is 13.0. The summed E-state index contributed by atoms with van der Waals surface area (Å²) in [7, 11) is 0. The Hall–Kier alpha value is -1.64. The van der Waals surface area contributed by atoms with E-state index in [-0.39, 0.29) is 5.82 Å². The highest BCUT2D eigenvalue weighted by Crippen LogP contribution is 2.23. The Morgan fingerprint density at radius 2 is 2.20 bits per heavy atom. The number of rotatable bonds is 1. The molecule has 3 heteroatoms. The van der Waals surface area contributed by atoms with Crippen LogP contribution in [-0.4, -0.2) is 9.78 Å². The first kappa shape index (κ1) is 8.65. The second-order valence-corrected chi connectivity index (χ2v) is 3.86. The average Bonchev–Trinajstić information content (AvgIpc) is 2.76. The molecule has 1 aliphatic heterocycles. The highest BCUT2D eigenvalue weighted by Gasteiger charge is 2.14. The van der Waals surface area contributed by atoms with Crippen molar-refractivity contribution >= 4 is 0 Å². The van der Waals surface area contributed by atoms with Gasteiger partial charge in [0.1, 0.15) is 5.82 Å². The molecule has 1 aliphatic rings. The minimum atomic E-state index is -0.208. The molecular formula is C12H11FN2. The van der Waals surface area contributed by atoms with Crippen LogP contribution in [0.4, 0.5) is 4.39 Å². The van der Waals surface area contributed by atoms with Gasteiger partial charge in [0.15, 0.2) is 0 Å². The van der Waals surface area contributed by atoms with Crippen LogP contribution < -0.4 is 0 Å². The van der Waals surface area contributed by atoms with Gasteiger partial charge in [0.2, 0.25) is 0 Å². The van der Waals surface area contributed by atoms with Crippen LogP contribution in [0.15, 0.2) is 30.3 Å². The van der Waals surface area contributed by atoms with Crippen molar-refractivity contribution in [1.29, 1.82) is 0 Å². The van der Waals surface area contributed by atoms with Crippen molar-refractivity contribution in [2.45, 2.75) is 19.4 Å². The van der Waals surface area contributed by atoms with Crippen molar-refractivity contribution < 1.29 is 4.39 Å². The molecule has 1 aromatic heterocycles. The number of benzene rings is 1. The number of hydrogen-bond donors (Lipinski definition) is 0. The second-order valence-electron chi connectivity index (χ2n) is 3.86. The van der Waals surface area contributed by atoms with Crippen molar-refractivity contribution in [2.24, 2.45) is 0 Å². The molecule has 2 aromatic rings. The minimum absolute atomic E-state index is 0.208. The SMILES string of the molecule is Fc1cccc(-c2cc3n(n2)CCC3)c1. The van der Waals surface area contributed by atoms with Crippen LogP contribution in [0.2, 0.25) is 0 Å². The summed E-state index contributed by atoms with van der Waals surface area (Å²) in [5, 5.41) is 4.45. The Labute approximate surface area is 87.4 Å². The lowest BCUT2D eigenvalue weighted by Gasteiger charge is -1.96. The molecule has 76 valence electrons. The first-order chi connectivity index (χ1) is 7.33. The van der Waals surface area contributed by atoms with E-state index < -0.39 is 0 Å². The number of aryl methyl sites for hydroxylation is 2. The van der Waals surface area contributed by atoms with E-state index in [0.29, 0.717) is 0 Å². The topological polar surface area (TPSA) is 17.8 Å². The number of fused-ring (bicyclic) bond motifs is 1. The molecule has 0 fully saturated rings. The predicted molar refractivity (Wildman–Crippen MR) is 55.9 cm³/mol. The largest absolute Gasteiger partial charge is 0.269 e. The average molecular weight is 202 g/mol. The van der Waals surface area contributed by atoms with Gasteiger partial charge < -0.3 is 0 Å². The molecule has 0 bridgehead atoms. The van der Waals surface area contributed by atoms with Crippen molar-refractivity contribution in [3.8, 4) is 11.3 Å². The van der Waals surface area contributed by atoms with Crippen LogP contribution >= 0.6 is 0 Å². The zero-order valence-electron chi connectivity index (χ0n) is 8.28. The summed E-state index contributed by atoms with van der Waals surface area (Å²) in [5.41, 5.74) is 3.00. The van der Waals surface area contributed by atoms with Gasteiger partial charge in [0.05, 0.1) is 5.69 Å². The van der Waals surface area contributed by atoms with Crippen LogP contribution in [-0.2, 0) is 13.0 Å². The van der Waals surface area contributed by atoms with Crippen LogP contribution in [0, 0.1) is 5.82 Å². The van der Waals surface area contributed by atoms with Gasteiger partial charge in [0.25, 0.3) is 0 Å². The Kier molecular flexibility index (Phi) is 1.84. The summed E-state index contributed by atoms with van der Waals surface area (Å²) in [4.78, 5) is 0. The van der Waals surface area contributed by atoms with Gasteiger partial charge in [-0.3, -0.25) is 4.68 Å². The quantitative estimate of drug-likeness (QED) is 0.695. The normalized spacial score (nSPS) is 14.2. The maximum atomic E-state index is 13.0. The van der Waals surface area contributed by atoms with Crippen LogP contribution in [0.5, 0.6) is 0 Å². The fraction of sp³-hybridized carbons (Fsp3) is 0.250. The van der Waals surface area contributed by atoms with E-state index in [0.717, 1.165) is 24.2 Å². The van der Waals surface area contributed by atoms with E-state index in [1.807, 2.05) is 10.7 Å². The monoisotopic (exact) mass is 202 g/mol. The van der Waals surface area contributed by atoms with Gasteiger partial charge in [0, 0.05) is 17.8 Å². The summed E-state index contributed by atoms with van der Waals surface area (Å²) < 4.78 is 15.0. The number of halogens is 1. The molecule has 0 saturated heterocycles. The Bertz CT molecular complexity index is 481. The van der Waals surface area contributed by atoms with E-state index in [1.165, 1.54) is 24.2 Å². The summed E-state index contributed by atoms with van der Waals surface area (Å²) >= 11 is 0. The predicted octanol–water partition coefficient (Wildman–Crippen LogP) is 2.64. The molecule has 0 unspecified atom stereocenters. The second kappa shape index (κ2) is 3.19. The summed E-state index contributed by atoms with van der Waals surface area (Å²) in [6.07, 6.45) is 2.26. The first-order valence-corrected chi connectivity index (χ1v) is 5.15. The Morgan fingerprint density at radius 1 is 1.27 bits per heavy atom. The van der Waals surface area contributed by atoms with Gasteiger partial charge in [-0.25, -0.2) is 4.39 Å². The van der Waals surface area contributed by atoms with Gasteiger partial charge in [-0.05, 0) is 31.0 Å². The van der Waals surface area contributed by atoms with Crippen molar-refractivity contribution in [2.75, 3.05) is 0 Å². The first-order valence-electron chi connectivity index (χ1n) is 5.15. The molecule has 3 rings (SSSR count). The zero-order chi connectivity index (χ0) is 10.3. The molecule has 0 atom stereocenters. The number of aromatic nitrogens is 2. The molecule has 0 aliphatic carbocycles. The molecule has 0 radical (unpaired) electrons. The summed E-state index contributed by atoms with van der Waals surface area (Å²) in [5.74, 6) is -0.208.